The Morgan fingerprint density at radius 2 is 2.12 bits per heavy atom. The summed E-state index contributed by atoms with van der Waals surface area (Å²) < 4.78 is 0. The number of carbonyl (C=O) groups is 1. The van der Waals surface area contributed by atoms with Gasteiger partial charge >= 0.3 is 5.97 Å². The molecule has 0 aliphatic carbocycles. The van der Waals surface area contributed by atoms with Crippen LogP contribution in [0.4, 0.5) is 0 Å². The van der Waals surface area contributed by atoms with Crippen LogP contribution in [0.5, 0.6) is 0 Å². The first kappa shape index (κ1) is 11.3. The van der Waals surface area contributed by atoms with Crippen LogP contribution in [-0.4, -0.2) is 48.8 Å². The van der Waals surface area contributed by atoms with Gasteiger partial charge in [-0.3, -0.25) is 0 Å². The number of carboxylic acids is 1. The zero-order chi connectivity index (χ0) is 5.86. The van der Waals surface area contributed by atoms with Gasteiger partial charge in [-0.2, -0.15) is 0 Å². The maximum atomic E-state index is 9.83. The van der Waals surface area contributed by atoms with Crippen molar-refractivity contribution in [2.24, 2.45) is 0 Å². The predicted molar refractivity (Wildman–Crippen MR) is 32.8 cm³/mol. The number of rotatable bonds is 2. The van der Waals surface area contributed by atoms with E-state index in [2.05, 4.69) is 6.58 Å². The van der Waals surface area contributed by atoms with E-state index in [9.17, 15) is 4.79 Å². The van der Waals surface area contributed by atoms with E-state index in [-0.39, 0.29) is 43.3 Å². The molecule has 3 heteroatoms. The van der Waals surface area contributed by atoms with E-state index in [1.807, 2.05) is 0 Å². The molecule has 0 unspecified atom stereocenters. The van der Waals surface area contributed by atoms with Gasteiger partial charge in [-0.15, -0.1) is 0 Å². The van der Waals surface area contributed by atoms with E-state index >= 15 is 0 Å². The third-order valence-corrected chi connectivity index (χ3v) is 0.729. The van der Waals surface area contributed by atoms with Crippen LogP contribution in [0.15, 0.2) is 12.2 Å². The smallest absolute Gasteiger partial charge is 0.330 e. The minimum absolute atomic E-state index is 0. The summed E-state index contributed by atoms with van der Waals surface area (Å²) in [6.45, 7) is 5.03. The molecule has 0 saturated heterocycles. The quantitative estimate of drug-likeness (QED) is 0.452. The molecule has 2 radical (unpaired) electrons. The monoisotopic (exact) mass is 140 g/mol. The van der Waals surface area contributed by atoms with Gasteiger partial charge in [0.1, 0.15) is 0 Å². The summed E-state index contributed by atoms with van der Waals surface area (Å²) in [4.78, 5) is 9.83. The number of aliphatic carboxylic acids is 1. The molecule has 0 aromatic heterocycles. The predicted octanol–water partition coefficient (Wildman–Crippen LogP) is 0.656. The molecule has 0 aromatic carbocycles. The fourth-order valence-electron chi connectivity index (χ4n) is 0.151. The average Bonchev–Trinajstić information content (AvgIpc) is 1.65. The molecular weight excluding hydrogens is 132 g/mol. The molecular formula is C5H8CaO2. The van der Waals surface area contributed by atoms with Crippen LogP contribution in [-0.2, 0) is 4.79 Å². The Bertz CT molecular complexity index is 98.6. The molecule has 0 bridgehead atoms. The topological polar surface area (TPSA) is 37.3 Å². The van der Waals surface area contributed by atoms with E-state index in [4.69, 9.17) is 5.11 Å². The van der Waals surface area contributed by atoms with Crippen LogP contribution in [0.2, 0.25) is 0 Å². The van der Waals surface area contributed by atoms with Gasteiger partial charge in [-0.25, -0.2) is 4.79 Å². The van der Waals surface area contributed by atoms with Crippen molar-refractivity contribution in [2.75, 3.05) is 0 Å². The molecule has 0 spiro atoms. The maximum absolute atomic E-state index is 9.83. The van der Waals surface area contributed by atoms with Crippen molar-refractivity contribution >= 4 is 43.7 Å². The van der Waals surface area contributed by atoms with Gasteiger partial charge in [0, 0.05) is 43.3 Å². The average molecular weight is 140 g/mol. The van der Waals surface area contributed by atoms with Crippen LogP contribution in [0.25, 0.3) is 0 Å². The second kappa shape index (κ2) is 5.60. The largest absolute Gasteiger partial charge is 0.478 e. The van der Waals surface area contributed by atoms with E-state index in [1.165, 1.54) is 0 Å². The van der Waals surface area contributed by atoms with Crippen molar-refractivity contribution in [2.45, 2.75) is 13.3 Å². The summed E-state index contributed by atoms with van der Waals surface area (Å²) >= 11 is 0. The summed E-state index contributed by atoms with van der Waals surface area (Å²) in [6, 6.07) is 0. The molecule has 0 rings (SSSR count). The van der Waals surface area contributed by atoms with Crippen LogP contribution < -0.4 is 0 Å². The molecule has 0 aliphatic heterocycles. The van der Waals surface area contributed by atoms with Crippen LogP contribution in [0.1, 0.15) is 13.3 Å². The van der Waals surface area contributed by atoms with E-state index in [0.717, 1.165) is 0 Å². The zero-order valence-corrected chi connectivity index (χ0v) is 7.19. The Morgan fingerprint density at radius 3 is 2.12 bits per heavy atom. The van der Waals surface area contributed by atoms with E-state index in [1.54, 1.807) is 6.92 Å². The van der Waals surface area contributed by atoms with Gasteiger partial charge in [0.15, 0.2) is 0 Å². The first-order chi connectivity index (χ1) is 3.18. The molecule has 1 N–H and O–H groups in total. The third kappa shape index (κ3) is 4.62. The molecule has 0 heterocycles. The van der Waals surface area contributed by atoms with Gasteiger partial charge in [0.05, 0.1) is 0 Å². The first-order valence-corrected chi connectivity index (χ1v) is 2.09. The molecule has 0 aromatic rings. The zero-order valence-electron chi connectivity index (χ0n) is 4.98. The Kier molecular flexibility index (Phi) is 7.91. The van der Waals surface area contributed by atoms with Crippen molar-refractivity contribution in [1.82, 2.24) is 0 Å². The van der Waals surface area contributed by atoms with Gasteiger partial charge in [0.25, 0.3) is 0 Å². The minimum Gasteiger partial charge on any atom is -0.478 e. The minimum atomic E-state index is -0.900. The number of carboxylic acid groups (broad SMARTS) is 1. The van der Waals surface area contributed by atoms with Gasteiger partial charge in [-0.05, 0) is 6.42 Å². The van der Waals surface area contributed by atoms with Crippen LogP contribution in [0, 0.1) is 0 Å². The Morgan fingerprint density at radius 1 is 1.75 bits per heavy atom. The molecule has 0 amide bonds. The van der Waals surface area contributed by atoms with Gasteiger partial charge < -0.3 is 5.11 Å². The third-order valence-electron chi connectivity index (χ3n) is 0.729. The molecule has 8 heavy (non-hydrogen) atoms. The van der Waals surface area contributed by atoms with Gasteiger partial charge in [0.2, 0.25) is 0 Å². The van der Waals surface area contributed by atoms with Crippen LogP contribution >= 0.6 is 0 Å². The maximum Gasteiger partial charge on any atom is 0.330 e. The molecule has 0 atom stereocenters. The SMILES string of the molecule is C=C(CC)C(=O)O.[Ca]. The summed E-state index contributed by atoms with van der Waals surface area (Å²) in [5.41, 5.74) is 0.264. The number of hydrogen-bond acceptors (Lipinski definition) is 1. The van der Waals surface area contributed by atoms with Crippen molar-refractivity contribution in [3.8, 4) is 0 Å². The first-order valence-electron chi connectivity index (χ1n) is 2.09. The molecule has 0 fully saturated rings. The summed E-state index contributed by atoms with van der Waals surface area (Å²) in [7, 11) is 0. The second-order valence-electron chi connectivity index (χ2n) is 1.26. The molecule has 0 saturated carbocycles. The molecule has 2 nitrogen and oxygen atoms in total. The van der Waals surface area contributed by atoms with Crippen molar-refractivity contribution in [3.05, 3.63) is 12.2 Å². The normalized spacial score (nSPS) is 7.12. The Hall–Kier alpha value is 0.470. The van der Waals surface area contributed by atoms with Crippen molar-refractivity contribution < 1.29 is 9.90 Å². The van der Waals surface area contributed by atoms with E-state index < -0.39 is 5.97 Å². The van der Waals surface area contributed by atoms with Crippen molar-refractivity contribution in [3.63, 3.8) is 0 Å². The molecule has 0 aliphatic rings. The van der Waals surface area contributed by atoms with E-state index in [0.29, 0.717) is 6.42 Å². The Labute approximate surface area is 78.6 Å². The van der Waals surface area contributed by atoms with Crippen molar-refractivity contribution in [1.29, 1.82) is 0 Å². The summed E-state index contributed by atoms with van der Waals surface area (Å²) in [5, 5.41) is 8.08. The summed E-state index contributed by atoms with van der Waals surface area (Å²) in [6.07, 6.45) is 0.523. The molecule has 42 valence electrons. The van der Waals surface area contributed by atoms with Crippen LogP contribution in [0.3, 0.4) is 0 Å². The standard InChI is InChI=1S/C5H8O2.Ca/c1-3-4(2)5(6)7;/h2-3H2,1H3,(H,6,7);. The van der Waals surface area contributed by atoms with Gasteiger partial charge in [-0.1, -0.05) is 13.5 Å². The fourth-order valence-corrected chi connectivity index (χ4v) is 0.151. The fraction of sp³-hybridized carbons (Fsp3) is 0.400. The number of hydrogen-bond donors (Lipinski definition) is 1. The Balaban J connectivity index is 0. The summed E-state index contributed by atoms with van der Waals surface area (Å²) in [5.74, 6) is -0.900. The second-order valence-corrected chi connectivity index (χ2v) is 1.26.